The van der Waals surface area contributed by atoms with Crippen LogP contribution < -0.4 is 16.0 Å². The standard InChI is InChI=1S/C25H40F2N4O6/c1-7-28-21(34)18(32)16(11-12-25(5,26)27)29-20(33)17-15-10-8-9-14(15)13-31(17)22(35)19(24(2,3)4)30-23(36)37-6/h14-17,19H,7-13H2,1-6H3,(H,28,34)(H,29,33)(H,30,36)/t14-,15-,16-,17-,19+/m0/s1. The largest absolute Gasteiger partial charge is 0.453 e. The topological polar surface area (TPSA) is 134 Å². The number of nitrogens with one attached hydrogen (secondary N) is 3. The third-order valence-electron chi connectivity index (χ3n) is 7.07. The molecule has 0 bridgehead atoms. The van der Waals surface area contributed by atoms with E-state index in [0.29, 0.717) is 19.9 Å². The molecule has 1 saturated heterocycles. The number of rotatable bonds is 10. The minimum atomic E-state index is -3.10. The van der Waals surface area contributed by atoms with Crippen molar-refractivity contribution in [3.63, 3.8) is 0 Å². The summed E-state index contributed by atoms with van der Waals surface area (Å²) in [5.74, 6) is -6.37. The van der Waals surface area contributed by atoms with Crippen LogP contribution in [0.25, 0.3) is 0 Å². The molecule has 37 heavy (non-hydrogen) atoms. The molecule has 0 radical (unpaired) electrons. The fraction of sp³-hybridized carbons (Fsp3) is 0.800. The van der Waals surface area contributed by atoms with Crippen LogP contribution in [0.15, 0.2) is 0 Å². The summed E-state index contributed by atoms with van der Waals surface area (Å²) in [5, 5.41) is 7.41. The number of methoxy groups -OCH3 is 1. The highest BCUT2D eigenvalue weighted by atomic mass is 19.3. The summed E-state index contributed by atoms with van der Waals surface area (Å²) in [6.07, 6.45) is 0.423. The molecule has 1 aliphatic heterocycles. The highest BCUT2D eigenvalue weighted by molar-refractivity contribution is 6.38. The molecule has 3 N–H and O–H groups in total. The van der Waals surface area contributed by atoms with Crippen molar-refractivity contribution in [3.8, 4) is 0 Å². The van der Waals surface area contributed by atoms with Crippen molar-refractivity contribution in [2.75, 3.05) is 20.2 Å². The van der Waals surface area contributed by atoms with Crippen LogP contribution >= 0.6 is 0 Å². The van der Waals surface area contributed by atoms with E-state index in [1.54, 1.807) is 27.7 Å². The molecule has 5 atom stereocenters. The first-order valence-corrected chi connectivity index (χ1v) is 12.8. The van der Waals surface area contributed by atoms with Gasteiger partial charge in [-0.15, -0.1) is 0 Å². The average molecular weight is 531 g/mol. The van der Waals surface area contributed by atoms with Gasteiger partial charge in [-0.3, -0.25) is 19.2 Å². The fourth-order valence-corrected chi connectivity index (χ4v) is 5.19. The molecule has 2 aliphatic rings. The lowest BCUT2D eigenvalue weighted by Gasteiger charge is -2.36. The smallest absolute Gasteiger partial charge is 0.407 e. The van der Waals surface area contributed by atoms with Crippen LogP contribution in [0.2, 0.25) is 0 Å². The number of alkyl halides is 2. The quantitative estimate of drug-likeness (QED) is 0.370. The number of ketones is 1. The Morgan fingerprint density at radius 2 is 1.70 bits per heavy atom. The van der Waals surface area contributed by atoms with E-state index in [2.05, 4.69) is 20.7 Å². The van der Waals surface area contributed by atoms with Gasteiger partial charge in [0, 0.05) is 19.5 Å². The van der Waals surface area contributed by atoms with Gasteiger partial charge in [-0.2, -0.15) is 0 Å². The average Bonchev–Trinajstić information content (AvgIpc) is 3.39. The Morgan fingerprint density at radius 3 is 2.24 bits per heavy atom. The monoisotopic (exact) mass is 530 g/mol. The SMILES string of the molecule is CCNC(=O)C(=O)[C@H](CCC(C)(F)F)NC(=O)[C@@H]1[C@H]2CCC[C@H]2CN1C(=O)[C@@H](NC(=O)OC)C(C)(C)C. The van der Waals surface area contributed by atoms with E-state index in [9.17, 15) is 32.8 Å². The molecule has 0 aromatic carbocycles. The molecule has 210 valence electrons. The Labute approximate surface area is 216 Å². The summed E-state index contributed by atoms with van der Waals surface area (Å²) in [5.41, 5.74) is -0.715. The van der Waals surface area contributed by atoms with Crippen LogP contribution in [-0.2, 0) is 23.9 Å². The Hall–Kier alpha value is -2.79. The lowest BCUT2D eigenvalue weighted by atomic mass is 9.85. The molecule has 4 amide bonds. The first-order chi connectivity index (χ1) is 17.1. The number of fused-ring (bicyclic) bond motifs is 1. The van der Waals surface area contributed by atoms with Gasteiger partial charge in [0.1, 0.15) is 12.1 Å². The summed E-state index contributed by atoms with van der Waals surface area (Å²) in [6, 6.07) is -3.43. The second-order valence-electron chi connectivity index (χ2n) is 11.1. The van der Waals surface area contributed by atoms with Crippen molar-refractivity contribution < 1.29 is 37.5 Å². The van der Waals surface area contributed by atoms with Gasteiger partial charge in [-0.05, 0) is 50.4 Å². The van der Waals surface area contributed by atoms with Gasteiger partial charge in [0.2, 0.25) is 23.5 Å². The number of likely N-dealkylation sites (tertiary alicyclic amines) is 1. The van der Waals surface area contributed by atoms with E-state index in [4.69, 9.17) is 0 Å². The van der Waals surface area contributed by atoms with E-state index < -0.39 is 71.9 Å². The summed E-state index contributed by atoms with van der Waals surface area (Å²) in [7, 11) is 1.18. The zero-order chi connectivity index (χ0) is 28.1. The molecule has 2 rings (SSSR count). The normalized spacial score (nSPS) is 23.0. The number of Topliss-reactive ketones (excluding diaryl/α,β-unsaturated/α-hetero) is 1. The molecule has 1 heterocycles. The van der Waals surface area contributed by atoms with Gasteiger partial charge in [0.25, 0.3) is 5.91 Å². The highest BCUT2D eigenvalue weighted by Crippen LogP contribution is 2.43. The van der Waals surface area contributed by atoms with Crippen LogP contribution in [0.4, 0.5) is 13.6 Å². The Kier molecular flexibility index (Phi) is 10.0. The van der Waals surface area contributed by atoms with Crippen molar-refractivity contribution in [1.82, 2.24) is 20.9 Å². The molecule has 0 spiro atoms. The highest BCUT2D eigenvalue weighted by Gasteiger charge is 2.52. The molecular weight excluding hydrogens is 490 g/mol. The van der Waals surface area contributed by atoms with Gasteiger partial charge in [-0.1, -0.05) is 27.2 Å². The number of nitrogens with zero attached hydrogens (tertiary/aromatic N) is 1. The predicted octanol–water partition coefficient (Wildman–Crippen LogP) is 2.01. The van der Waals surface area contributed by atoms with Crippen molar-refractivity contribution in [3.05, 3.63) is 0 Å². The van der Waals surface area contributed by atoms with E-state index in [1.165, 1.54) is 12.0 Å². The first kappa shape index (κ1) is 30.4. The van der Waals surface area contributed by atoms with Crippen molar-refractivity contribution in [2.45, 2.75) is 90.8 Å². The summed E-state index contributed by atoms with van der Waals surface area (Å²) < 4.78 is 31.9. The summed E-state index contributed by atoms with van der Waals surface area (Å²) in [6.45, 7) is 8.06. The maximum Gasteiger partial charge on any atom is 0.407 e. The zero-order valence-electron chi connectivity index (χ0n) is 22.5. The minimum absolute atomic E-state index is 0.0518. The number of carbonyl (C=O) groups is 5. The van der Waals surface area contributed by atoms with E-state index in [1.807, 2.05) is 0 Å². The number of amides is 4. The van der Waals surface area contributed by atoms with Crippen LogP contribution in [-0.4, -0.2) is 78.7 Å². The third-order valence-corrected chi connectivity index (χ3v) is 7.07. The molecule has 2 fully saturated rings. The Bertz CT molecular complexity index is 885. The molecule has 1 saturated carbocycles. The van der Waals surface area contributed by atoms with Gasteiger partial charge < -0.3 is 25.6 Å². The van der Waals surface area contributed by atoms with Crippen LogP contribution in [0.1, 0.15) is 66.7 Å². The second kappa shape index (κ2) is 12.2. The van der Waals surface area contributed by atoms with Crippen LogP contribution in [0, 0.1) is 17.3 Å². The Balaban J connectivity index is 2.34. The van der Waals surface area contributed by atoms with Gasteiger partial charge in [-0.25, -0.2) is 13.6 Å². The number of likely N-dealkylation sites (N-methyl/N-ethyl adjacent to an activating group) is 1. The van der Waals surface area contributed by atoms with E-state index >= 15 is 0 Å². The molecule has 0 unspecified atom stereocenters. The summed E-state index contributed by atoms with van der Waals surface area (Å²) >= 11 is 0. The second-order valence-corrected chi connectivity index (χ2v) is 11.1. The lowest BCUT2D eigenvalue weighted by molar-refractivity contribution is -0.144. The number of alkyl carbamates (subject to hydrolysis) is 1. The lowest BCUT2D eigenvalue weighted by Crippen LogP contribution is -2.60. The molecule has 0 aromatic rings. The maximum absolute atomic E-state index is 13.7. The summed E-state index contributed by atoms with van der Waals surface area (Å²) in [4.78, 5) is 65.6. The number of ether oxygens (including phenoxy) is 1. The van der Waals surface area contributed by atoms with Crippen molar-refractivity contribution in [2.24, 2.45) is 17.3 Å². The van der Waals surface area contributed by atoms with Crippen molar-refractivity contribution >= 4 is 29.6 Å². The molecule has 1 aliphatic carbocycles. The number of carbonyl (C=O) groups excluding carboxylic acids is 5. The van der Waals surface area contributed by atoms with E-state index in [0.717, 1.165) is 12.8 Å². The number of hydrogen-bond donors (Lipinski definition) is 3. The molecule has 0 aromatic heterocycles. The van der Waals surface area contributed by atoms with Crippen LogP contribution in [0.3, 0.4) is 0 Å². The fourth-order valence-electron chi connectivity index (χ4n) is 5.19. The number of hydrogen-bond acceptors (Lipinski definition) is 6. The first-order valence-electron chi connectivity index (χ1n) is 12.8. The van der Waals surface area contributed by atoms with Gasteiger partial charge >= 0.3 is 6.09 Å². The molecule has 10 nitrogen and oxygen atoms in total. The molecular formula is C25H40F2N4O6. The predicted molar refractivity (Wildman–Crippen MR) is 131 cm³/mol. The maximum atomic E-state index is 13.7. The van der Waals surface area contributed by atoms with Gasteiger partial charge in [0.05, 0.1) is 13.2 Å². The number of halogens is 2. The Morgan fingerprint density at radius 1 is 1.05 bits per heavy atom. The zero-order valence-corrected chi connectivity index (χ0v) is 22.5. The molecule has 12 heteroatoms. The minimum Gasteiger partial charge on any atom is -0.453 e. The van der Waals surface area contributed by atoms with E-state index in [-0.39, 0.29) is 18.4 Å². The van der Waals surface area contributed by atoms with Gasteiger partial charge in [0.15, 0.2) is 0 Å². The van der Waals surface area contributed by atoms with Crippen LogP contribution in [0.5, 0.6) is 0 Å². The third kappa shape index (κ3) is 7.85. The van der Waals surface area contributed by atoms with Crippen molar-refractivity contribution in [1.29, 1.82) is 0 Å².